The van der Waals surface area contributed by atoms with Crippen LogP contribution in [0.2, 0.25) is 10.0 Å². The SMILES string of the molecule is Clc1ccc(NCCc2ccsc2)cc1Cl. The van der Waals surface area contributed by atoms with Crippen molar-refractivity contribution in [2.24, 2.45) is 0 Å². The second kappa shape index (κ2) is 5.58. The lowest BCUT2D eigenvalue weighted by atomic mass is 10.2. The van der Waals surface area contributed by atoms with Gasteiger partial charge >= 0.3 is 0 Å². The van der Waals surface area contributed by atoms with E-state index in [2.05, 4.69) is 22.1 Å². The lowest BCUT2D eigenvalue weighted by molar-refractivity contribution is 1.03. The lowest BCUT2D eigenvalue weighted by Crippen LogP contribution is -2.03. The van der Waals surface area contributed by atoms with Crippen molar-refractivity contribution in [3.8, 4) is 0 Å². The summed E-state index contributed by atoms with van der Waals surface area (Å²) in [6.45, 7) is 0.898. The number of anilines is 1. The van der Waals surface area contributed by atoms with E-state index < -0.39 is 0 Å². The van der Waals surface area contributed by atoms with Gasteiger partial charge in [0.1, 0.15) is 0 Å². The van der Waals surface area contributed by atoms with Crippen LogP contribution in [0, 0.1) is 0 Å². The number of thiophene rings is 1. The molecule has 1 aromatic carbocycles. The molecule has 2 aromatic rings. The maximum atomic E-state index is 5.92. The van der Waals surface area contributed by atoms with Gasteiger partial charge in [0.15, 0.2) is 0 Å². The fourth-order valence-electron chi connectivity index (χ4n) is 1.39. The summed E-state index contributed by atoms with van der Waals surface area (Å²) in [6.07, 6.45) is 1.02. The van der Waals surface area contributed by atoms with Crippen LogP contribution in [0.4, 0.5) is 5.69 Å². The van der Waals surface area contributed by atoms with Gasteiger partial charge in [-0.1, -0.05) is 23.2 Å². The van der Waals surface area contributed by atoms with Gasteiger partial charge < -0.3 is 5.32 Å². The molecule has 0 spiro atoms. The molecule has 0 atom stereocenters. The second-order valence-electron chi connectivity index (χ2n) is 3.44. The summed E-state index contributed by atoms with van der Waals surface area (Å²) >= 11 is 13.5. The molecule has 16 heavy (non-hydrogen) atoms. The largest absolute Gasteiger partial charge is 0.385 e. The Kier molecular flexibility index (Phi) is 4.10. The molecule has 0 fully saturated rings. The summed E-state index contributed by atoms with van der Waals surface area (Å²) in [5.41, 5.74) is 2.36. The lowest BCUT2D eigenvalue weighted by Gasteiger charge is -2.06. The minimum Gasteiger partial charge on any atom is -0.385 e. The molecule has 0 radical (unpaired) electrons. The van der Waals surface area contributed by atoms with Gasteiger partial charge in [0, 0.05) is 12.2 Å². The van der Waals surface area contributed by atoms with E-state index in [0.29, 0.717) is 10.0 Å². The summed E-state index contributed by atoms with van der Waals surface area (Å²) in [6, 6.07) is 7.72. The van der Waals surface area contributed by atoms with Crippen molar-refractivity contribution in [2.75, 3.05) is 11.9 Å². The first kappa shape index (κ1) is 11.8. The first-order valence-corrected chi connectivity index (χ1v) is 6.65. The number of halogens is 2. The quantitative estimate of drug-likeness (QED) is 0.849. The average Bonchev–Trinajstić information content (AvgIpc) is 2.76. The van der Waals surface area contributed by atoms with Crippen LogP contribution in [-0.4, -0.2) is 6.54 Å². The van der Waals surface area contributed by atoms with Gasteiger partial charge in [-0.15, -0.1) is 0 Å². The van der Waals surface area contributed by atoms with Crippen LogP contribution in [0.3, 0.4) is 0 Å². The average molecular weight is 272 g/mol. The molecule has 1 aromatic heterocycles. The first-order valence-electron chi connectivity index (χ1n) is 4.96. The summed E-state index contributed by atoms with van der Waals surface area (Å²) in [7, 11) is 0. The Bertz CT molecular complexity index is 454. The van der Waals surface area contributed by atoms with Gasteiger partial charge in [-0.3, -0.25) is 0 Å². The van der Waals surface area contributed by atoms with Gasteiger partial charge in [0.25, 0.3) is 0 Å². The normalized spacial score (nSPS) is 10.4. The predicted molar refractivity (Wildman–Crippen MR) is 73.0 cm³/mol. The standard InChI is InChI=1S/C12H11Cl2NS/c13-11-2-1-10(7-12(11)14)15-5-3-9-4-6-16-8-9/h1-2,4,6-8,15H,3,5H2. The summed E-state index contributed by atoms with van der Waals surface area (Å²) in [5.74, 6) is 0. The zero-order chi connectivity index (χ0) is 11.4. The maximum absolute atomic E-state index is 5.92. The summed E-state index contributed by atoms with van der Waals surface area (Å²) in [4.78, 5) is 0. The van der Waals surface area contributed by atoms with Crippen molar-refractivity contribution in [1.29, 1.82) is 0 Å². The van der Waals surface area contributed by atoms with Gasteiger partial charge in [-0.25, -0.2) is 0 Å². The monoisotopic (exact) mass is 271 g/mol. The van der Waals surface area contributed by atoms with E-state index in [4.69, 9.17) is 23.2 Å². The first-order chi connectivity index (χ1) is 7.75. The molecule has 84 valence electrons. The second-order valence-corrected chi connectivity index (χ2v) is 5.03. The highest BCUT2D eigenvalue weighted by Gasteiger charge is 1.99. The maximum Gasteiger partial charge on any atom is 0.0612 e. The Labute approximate surface area is 109 Å². The third-order valence-electron chi connectivity index (χ3n) is 2.24. The molecule has 0 aliphatic heterocycles. The van der Waals surface area contributed by atoms with Crippen LogP contribution in [-0.2, 0) is 6.42 Å². The zero-order valence-electron chi connectivity index (χ0n) is 8.54. The topological polar surface area (TPSA) is 12.0 Å². The number of nitrogens with one attached hydrogen (secondary N) is 1. The predicted octanol–water partition coefficient (Wildman–Crippen LogP) is 4.71. The minimum absolute atomic E-state index is 0.585. The van der Waals surface area contributed by atoms with Crippen LogP contribution in [0.5, 0.6) is 0 Å². The fraction of sp³-hybridized carbons (Fsp3) is 0.167. The number of rotatable bonds is 4. The van der Waals surface area contributed by atoms with E-state index in [-0.39, 0.29) is 0 Å². The van der Waals surface area contributed by atoms with Crippen molar-refractivity contribution in [2.45, 2.75) is 6.42 Å². The zero-order valence-corrected chi connectivity index (χ0v) is 10.9. The van der Waals surface area contributed by atoms with Crippen molar-refractivity contribution < 1.29 is 0 Å². The Hall–Kier alpha value is -0.700. The van der Waals surface area contributed by atoms with E-state index in [0.717, 1.165) is 18.7 Å². The number of hydrogen-bond acceptors (Lipinski definition) is 2. The highest BCUT2D eigenvalue weighted by molar-refractivity contribution is 7.07. The minimum atomic E-state index is 0.585. The van der Waals surface area contributed by atoms with Crippen LogP contribution in [0.25, 0.3) is 0 Å². The molecule has 1 N–H and O–H groups in total. The molecule has 0 saturated carbocycles. The Morgan fingerprint density at radius 1 is 1.12 bits per heavy atom. The van der Waals surface area contributed by atoms with Gasteiger partial charge in [0.05, 0.1) is 10.0 Å². The number of hydrogen-bond donors (Lipinski definition) is 1. The van der Waals surface area contributed by atoms with Crippen molar-refractivity contribution in [3.05, 3.63) is 50.6 Å². The van der Waals surface area contributed by atoms with Crippen molar-refractivity contribution in [3.63, 3.8) is 0 Å². The van der Waals surface area contributed by atoms with Gasteiger partial charge in [0.2, 0.25) is 0 Å². The third kappa shape index (κ3) is 3.14. The molecular formula is C12H11Cl2NS. The van der Waals surface area contributed by atoms with Crippen LogP contribution in [0.1, 0.15) is 5.56 Å². The molecule has 1 nitrogen and oxygen atoms in total. The van der Waals surface area contributed by atoms with Gasteiger partial charge in [-0.2, -0.15) is 11.3 Å². The summed E-state index contributed by atoms with van der Waals surface area (Å²) < 4.78 is 0. The smallest absolute Gasteiger partial charge is 0.0612 e. The van der Waals surface area contributed by atoms with Gasteiger partial charge in [-0.05, 0) is 47.0 Å². The van der Waals surface area contributed by atoms with Crippen LogP contribution < -0.4 is 5.32 Å². The van der Waals surface area contributed by atoms with E-state index in [1.807, 2.05) is 12.1 Å². The molecule has 0 saturated heterocycles. The molecule has 0 aliphatic rings. The fourth-order valence-corrected chi connectivity index (χ4v) is 2.39. The van der Waals surface area contributed by atoms with Crippen molar-refractivity contribution >= 4 is 40.2 Å². The highest BCUT2D eigenvalue weighted by Crippen LogP contribution is 2.24. The molecule has 0 aliphatic carbocycles. The molecule has 1 heterocycles. The number of benzene rings is 1. The molecule has 0 bridgehead atoms. The van der Waals surface area contributed by atoms with Crippen LogP contribution in [0.15, 0.2) is 35.0 Å². The Morgan fingerprint density at radius 2 is 2.00 bits per heavy atom. The highest BCUT2D eigenvalue weighted by atomic mass is 35.5. The van der Waals surface area contributed by atoms with Crippen LogP contribution >= 0.6 is 34.5 Å². The summed E-state index contributed by atoms with van der Waals surface area (Å²) in [5, 5.41) is 8.74. The molecule has 0 amide bonds. The Morgan fingerprint density at radius 3 is 2.69 bits per heavy atom. The Balaban J connectivity index is 1.87. The van der Waals surface area contributed by atoms with E-state index in [9.17, 15) is 0 Å². The van der Waals surface area contributed by atoms with E-state index in [1.165, 1.54) is 5.56 Å². The molecule has 4 heteroatoms. The molecular weight excluding hydrogens is 261 g/mol. The third-order valence-corrected chi connectivity index (χ3v) is 3.71. The molecule has 0 unspecified atom stereocenters. The van der Waals surface area contributed by atoms with E-state index >= 15 is 0 Å². The van der Waals surface area contributed by atoms with Crippen molar-refractivity contribution in [1.82, 2.24) is 0 Å². The molecule has 2 rings (SSSR count). The van der Waals surface area contributed by atoms with E-state index in [1.54, 1.807) is 17.4 Å².